The van der Waals surface area contributed by atoms with Crippen LogP contribution in [-0.4, -0.2) is 34.2 Å². The van der Waals surface area contributed by atoms with Crippen LogP contribution in [0.15, 0.2) is 29.3 Å². The van der Waals surface area contributed by atoms with Crippen molar-refractivity contribution < 1.29 is 18.0 Å². The van der Waals surface area contributed by atoms with E-state index < -0.39 is 17.3 Å². The number of rotatable bonds is 4. The van der Waals surface area contributed by atoms with Crippen LogP contribution in [0.4, 0.5) is 13.2 Å². The maximum atomic E-state index is 13.1. The van der Waals surface area contributed by atoms with Gasteiger partial charge in [0.2, 0.25) is 0 Å². The highest BCUT2D eigenvalue weighted by Gasteiger charge is 2.39. The lowest BCUT2D eigenvalue weighted by atomic mass is 9.81. The van der Waals surface area contributed by atoms with Crippen molar-refractivity contribution in [3.8, 4) is 0 Å². The van der Waals surface area contributed by atoms with E-state index in [2.05, 4.69) is 20.6 Å². The van der Waals surface area contributed by atoms with Crippen LogP contribution in [0.5, 0.6) is 0 Å². The number of aryl methyl sites for hydroxylation is 1. The van der Waals surface area contributed by atoms with Gasteiger partial charge in [0.15, 0.2) is 0 Å². The minimum Gasteiger partial charge on any atom is -0.342 e. The van der Waals surface area contributed by atoms with Crippen molar-refractivity contribution in [2.75, 3.05) is 7.05 Å². The maximum Gasteiger partial charge on any atom is 0.416 e. The quantitative estimate of drug-likeness (QED) is 0.353. The highest BCUT2D eigenvalue weighted by Crippen LogP contribution is 2.40. The number of halogens is 3. The number of alkyl halides is 3. The van der Waals surface area contributed by atoms with Gasteiger partial charge in [-0.2, -0.15) is 13.2 Å². The predicted molar refractivity (Wildman–Crippen MR) is 108 cm³/mol. The van der Waals surface area contributed by atoms with Crippen LogP contribution < -0.4 is 5.32 Å². The first kappa shape index (κ1) is 21.7. The first-order valence-electron chi connectivity index (χ1n) is 9.61. The van der Waals surface area contributed by atoms with Crippen molar-refractivity contribution in [2.45, 2.75) is 51.7 Å². The lowest BCUT2D eigenvalue weighted by Crippen LogP contribution is -2.38. The van der Waals surface area contributed by atoms with Gasteiger partial charge < -0.3 is 5.32 Å². The summed E-state index contributed by atoms with van der Waals surface area (Å²) in [5.74, 6) is 0.613. The number of aromatic nitrogens is 3. The lowest BCUT2D eigenvalue weighted by Gasteiger charge is -2.36. The number of nitrogens with zero attached hydrogens (tertiary/aromatic N) is 4. The highest BCUT2D eigenvalue weighted by molar-refractivity contribution is 5.92. The van der Waals surface area contributed by atoms with E-state index in [1.54, 1.807) is 25.6 Å². The van der Waals surface area contributed by atoms with E-state index in [1.807, 2.05) is 6.92 Å². The molecule has 1 aromatic heterocycles. The number of nitrogens with one attached hydrogen (secondary N) is 1. The zero-order valence-corrected chi connectivity index (χ0v) is 17.3. The number of fused-ring (bicyclic) bond motifs is 1. The number of aldehydes is 1. The van der Waals surface area contributed by atoms with Crippen LogP contribution in [0.1, 0.15) is 54.8 Å². The van der Waals surface area contributed by atoms with E-state index in [-0.39, 0.29) is 0 Å². The Kier molecular flexibility index (Phi) is 5.83. The summed E-state index contributed by atoms with van der Waals surface area (Å²) in [5.41, 5.74) is 1.86. The standard InChI is InChI=1S/C21H24F3N5O/c1-13-12-15(21(22,23)24)7-8-16(13)20(3)10-5-6-18-19(27-28-29(18)20)17(9-11-30)26-14(2)25-4/h7-9,11-12H,5-6,10H2,1-4H3,(H,25,26)/b17-9-. The van der Waals surface area contributed by atoms with Crippen molar-refractivity contribution in [1.29, 1.82) is 0 Å². The number of benzene rings is 1. The number of allylic oxidation sites excluding steroid dienone is 1. The average Bonchev–Trinajstić information content (AvgIpc) is 3.12. The van der Waals surface area contributed by atoms with E-state index >= 15 is 0 Å². The Morgan fingerprint density at radius 1 is 1.37 bits per heavy atom. The Morgan fingerprint density at radius 2 is 2.10 bits per heavy atom. The summed E-state index contributed by atoms with van der Waals surface area (Å²) in [6.45, 7) is 5.41. The number of carbonyl (C=O) groups excluding carboxylic acids is 1. The molecule has 1 aromatic carbocycles. The molecular formula is C21H24F3N5O. The summed E-state index contributed by atoms with van der Waals surface area (Å²) in [5, 5.41) is 11.7. The molecular weight excluding hydrogens is 395 g/mol. The molecule has 6 nitrogen and oxygen atoms in total. The molecule has 1 aliphatic rings. The Morgan fingerprint density at radius 3 is 2.70 bits per heavy atom. The molecule has 160 valence electrons. The van der Waals surface area contributed by atoms with Gasteiger partial charge in [-0.05, 0) is 63.3 Å². The molecule has 1 N–H and O–H groups in total. The molecule has 2 aromatic rings. The lowest BCUT2D eigenvalue weighted by molar-refractivity contribution is -0.137. The third-order valence-corrected chi connectivity index (χ3v) is 5.58. The molecule has 2 heterocycles. The van der Waals surface area contributed by atoms with Gasteiger partial charge >= 0.3 is 6.18 Å². The molecule has 9 heteroatoms. The summed E-state index contributed by atoms with van der Waals surface area (Å²) in [6.07, 6.45) is -0.135. The maximum absolute atomic E-state index is 13.1. The van der Waals surface area contributed by atoms with Crippen molar-refractivity contribution in [3.05, 3.63) is 52.4 Å². The first-order valence-corrected chi connectivity index (χ1v) is 9.61. The zero-order chi connectivity index (χ0) is 22.1. The molecule has 0 fully saturated rings. The van der Waals surface area contributed by atoms with Crippen LogP contribution in [0.3, 0.4) is 0 Å². The smallest absolute Gasteiger partial charge is 0.342 e. The van der Waals surface area contributed by atoms with Crippen LogP contribution in [0, 0.1) is 6.92 Å². The SMILES string of the molecule is CN=C(C)N/C(=C\C=O)c1nnn2c1CCCC2(C)c1ccc(C(F)(F)F)cc1C. The number of hydrogen-bond donors (Lipinski definition) is 1. The topological polar surface area (TPSA) is 72.2 Å². The second-order valence-corrected chi connectivity index (χ2v) is 7.60. The average molecular weight is 419 g/mol. The van der Waals surface area contributed by atoms with Crippen molar-refractivity contribution in [1.82, 2.24) is 20.3 Å². The number of aliphatic imine (C=N–C) groups is 1. The third-order valence-electron chi connectivity index (χ3n) is 5.58. The fourth-order valence-electron chi connectivity index (χ4n) is 4.03. The molecule has 0 aliphatic carbocycles. The van der Waals surface area contributed by atoms with Crippen LogP contribution in [0.25, 0.3) is 5.70 Å². The molecule has 0 saturated heterocycles. The fraction of sp³-hybridized carbons (Fsp3) is 0.429. The third kappa shape index (κ3) is 3.88. The summed E-state index contributed by atoms with van der Waals surface area (Å²) in [7, 11) is 1.63. The second kappa shape index (κ2) is 8.04. The molecule has 1 atom stereocenters. The van der Waals surface area contributed by atoms with Gasteiger partial charge in [0.05, 0.1) is 28.3 Å². The van der Waals surface area contributed by atoms with Gasteiger partial charge in [0, 0.05) is 13.1 Å². The van der Waals surface area contributed by atoms with Crippen molar-refractivity contribution >= 4 is 17.8 Å². The minimum absolute atomic E-state index is 0.489. The van der Waals surface area contributed by atoms with Gasteiger partial charge in [0.1, 0.15) is 12.0 Å². The van der Waals surface area contributed by atoms with Gasteiger partial charge in [0.25, 0.3) is 0 Å². The number of carbonyl (C=O) groups is 1. The molecule has 1 unspecified atom stereocenters. The monoisotopic (exact) mass is 419 g/mol. The second-order valence-electron chi connectivity index (χ2n) is 7.60. The summed E-state index contributed by atoms with van der Waals surface area (Å²) in [6, 6.07) is 3.82. The largest absolute Gasteiger partial charge is 0.416 e. The first-order chi connectivity index (χ1) is 14.1. The van der Waals surface area contributed by atoms with Crippen LogP contribution in [-0.2, 0) is 22.9 Å². The van der Waals surface area contributed by atoms with Crippen molar-refractivity contribution in [2.24, 2.45) is 4.99 Å². The van der Waals surface area contributed by atoms with E-state index in [4.69, 9.17) is 0 Å². The van der Waals surface area contributed by atoms with E-state index in [1.165, 1.54) is 18.2 Å². The van der Waals surface area contributed by atoms with Gasteiger partial charge in [-0.25, -0.2) is 4.68 Å². The molecule has 0 saturated carbocycles. The van der Waals surface area contributed by atoms with Gasteiger partial charge in [-0.15, -0.1) is 5.10 Å². The van der Waals surface area contributed by atoms with Crippen molar-refractivity contribution in [3.63, 3.8) is 0 Å². The van der Waals surface area contributed by atoms with E-state index in [9.17, 15) is 18.0 Å². The number of amidine groups is 1. The number of hydrogen-bond acceptors (Lipinski definition) is 4. The molecule has 0 spiro atoms. The van der Waals surface area contributed by atoms with Gasteiger partial charge in [-0.3, -0.25) is 9.79 Å². The summed E-state index contributed by atoms with van der Waals surface area (Å²) < 4.78 is 41.1. The fourth-order valence-corrected chi connectivity index (χ4v) is 4.03. The summed E-state index contributed by atoms with van der Waals surface area (Å²) in [4.78, 5) is 15.2. The van der Waals surface area contributed by atoms with Crippen LogP contribution >= 0.6 is 0 Å². The Balaban J connectivity index is 2.09. The summed E-state index contributed by atoms with van der Waals surface area (Å²) >= 11 is 0. The zero-order valence-electron chi connectivity index (χ0n) is 17.3. The predicted octanol–water partition coefficient (Wildman–Crippen LogP) is 3.88. The molecule has 0 amide bonds. The van der Waals surface area contributed by atoms with E-state index in [0.29, 0.717) is 41.9 Å². The molecule has 30 heavy (non-hydrogen) atoms. The molecule has 0 radical (unpaired) electrons. The van der Waals surface area contributed by atoms with Gasteiger partial charge in [-0.1, -0.05) is 11.3 Å². The Bertz CT molecular complexity index is 1020. The minimum atomic E-state index is -4.39. The molecule has 0 bridgehead atoms. The Labute approximate surface area is 172 Å². The Hall–Kier alpha value is -2.97. The van der Waals surface area contributed by atoms with Crippen LogP contribution in [0.2, 0.25) is 0 Å². The normalized spacial score (nSPS) is 20.1. The molecule has 3 rings (SSSR count). The van der Waals surface area contributed by atoms with E-state index in [0.717, 1.165) is 23.7 Å². The molecule has 1 aliphatic heterocycles. The highest BCUT2D eigenvalue weighted by atomic mass is 19.4.